The lowest BCUT2D eigenvalue weighted by Gasteiger charge is -2.16. The number of carbonyl (C=O) groups excluding carboxylic acids is 3. The highest BCUT2D eigenvalue weighted by molar-refractivity contribution is 6.01. The molecule has 1 aliphatic rings. The standard InChI is InChI=1S/C26H21N3O9/c1-16-2-5-20(13-23(16)29(35)36)27-14-18(12-25(27)31)26(32)37-15-24(30)17-3-8-21(9-4-17)38-22-10-6-19(7-11-22)28(33)34/h2-11,13,18H,12,14-15H2,1H3/t18-/m0/s1. The van der Waals surface area contributed by atoms with E-state index in [1.54, 1.807) is 13.0 Å². The molecule has 194 valence electrons. The van der Waals surface area contributed by atoms with Crippen molar-refractivity contribution in [3.8, 4) is 11.5 Å². The van der Waals surface area contributed by atoms with E-state index >= 15 is 0 Å². The summed E-state index contributed by atoms with van der Waals surface area (Å²) in [5.74, 6) is -1.59. The number of esters is 1. The molecule has 1 saturated heterocycles. The lowest BCUT2D eigenvalue weighted by Crippen LogP contribution is -2.27. The number of nitro groups is 2. The first-order valence-corrected chi connectivity index (χ1v) is 11.4. The number of amides is 1. The lowest BCUT2D eigenvalue weighted by molar-refractivity contribution is -0.385. The van der Waals surface area contributed by atoms with Gasteiger partial charge < -0.3 is 14.4 Å². The van der Waals surface area contributed by atoms with Gasteiger partial charge >= 0.3 is 5.97 Å². The highest BCUT2D eigenvalue weighted by Gasteiger charge is 2.37. The van der Waals surface area contributed by atoms with Crippen LogP contribution in [0.4, 0.5) is 17.1 Å². The molecule has 3 aromatic rings. The van der Waals surface area contributed by atoms with Crippen LogP contribution in [0.3, 0.4) is 0 Å². The van der Waals surface area contributed by atoms with E-state index in [2.05, 4.69) is 0 Å². The van der Waals surface area contributed by atoms with E-state index in [0.717, 1.165) is 0 Å². The molecule has 12 nitrogen and oxygen atoms in total. The second-order valence-electron chi connectivity index (χ2n) is 8.54. The van der Waals surface area contributed by atoms with Crippen molar-refractivity contribution in [2.75, 3.05) is 18.1 Å². The molecule has 4 rings (SSSR count). The summed E-state index contributed by atoms with van der Waals surface area (Å²) in [4.78, 5) is 59.7. The maximum atomic E-state index is 12.5. The van der Waals surface area contributed by atoms with Gasteiger partial charge in [-0.15, -0.1) is 0 Å². The van der Waals surface area contributed by atoms with Gasteiger partial charge in [-0.1, -0.05) is 6.07 Å². The van der Waals surface area contributed by atoms with E-state index in [-0.39, 0.29) is 35.8 Å². The SMILES string of the molecule is Cc1ccc(N2C[C@@H](C(=O)OCC(=O)c3ccc(Oc4ccc([N+](=O)[O-])cc4)cc3)CC2=O)cc1[N+](=O)[O-]. The summed E-state index contributed by atoms with van der Waals surface area (Å²) in [6.07, 6.45) is -0.136. The molecule has 0 aliphatic carbocycles. The van der Waals surface area contributed by atoms with Gasteiger partial charge in [0.15, 0.2) is 12.4 Å². The third-order valence-corrected chi connectivity index (χ3v) is 5.96. The number of ketones is 1. The van der Waals surface area contributed by atoms with E-state index in [1.807, 2.05) is 0 Å². The van der Waals surface area contributed by atoms with Gasteiger partial charge in [0.2, 0.25) is 5.91 Å². The third kappa shape index (κ3) is 5.81. The minimum Gasteiger partial charge on any atom is -0.457 e. The Bertz CT molecular complexity index is 1420. The first-order valence-electron chi connectivity index (χ1n) is 11.4. The summed E-state index contributed by atoms with van der Waals surface area (Å²) in [6.45, 7) is 1.05. The molecule has 3 aromatic carbocycles. The molecule has 12 heteroatoms. The molecule has 0 bridgehead atoms. The van der Waals surface area contributed by atoms with Crippen LogP contribution in [0.25, 0.3) is 0 Å². The topological polar surface area (TPSA) is 159 Å². The number of rotatable bonds is 9. The van der Waals surface area contributed by atoms with Crippen molar-refractivity contribution in [1.29, 1.82) is 0 Å². The molecule has 1 fully saturated rings. The molecule has 0 radical (unpaired) electrons. The van der Waals surface area contributed by atoms with Gasteiger partial charge in [0.25, 0.3) is 11.4 Å². The van der Waals surface area contributed by atoms with E-state index in [1.165, 1.54) is 65.6 Å². The minimum atomic E-state index is -0.812. The average molecular weight is 519 g/mol. The first kappa shape index (κ1) is 25.9. The average Bonchev–Trinajstić information content (AvgIpc) is 3.29. The van der Waals surface area contributed by atoms with Crippen molar-refractivity contribution >= 4 is 34.7 Å². The van der Waals surface area contributed by atoms with E-state index in [0.29, 0.717) is 22.7 Å². The van der Waals surface area contributed by atoms with Crippen LogP contribution in [0, 0.1) is 33.1 Å². The zero-order valence-electron chi connectivity index (χ0n) is 20.1. The number of hydrogen-bond donors (Lipinski definition) is 0. The molecule has 1 heterocycles. The summed E-state index contributed by atoms with van der Waals surface area (Å²) in [5, 5.41) is 21.9. The van der Waals surface area contributed by atoms with Crippen molar-refractivity contribution in [1.82, 2.24) is 0 Å². The Balaban J connectivity index is 1.31. The second kappa shape index (κ2) is 10.9. The van der Waals surface area contributed by atoms with Crippen LogP contribution in [-0.4, -0.2) is 40.7 Å². The van der Waals surface area contributed by atoms with Crippen molar-refractivity contribution in [3.63, 3.8) is 0 Å². The van der Waals surface area contributed by atoms with Crippen molar-refractivity contribution < 1.29 is 33.7 Å². The quantitative estimate of drug-likeness (QED) is 0.173. The highest BCUT2D eigenvalue weighted by atomic mass is 16.6. The molecule has 0 aromatic heterocycles. The molecule has 1 amide bonds. The Labute approximate surface area is 215 Å². The molecular formula is C26H21N3O9. The Morgan fingerprint density at radius 3 is 2.18 bits per heavy atom. The van der Waals surface area contributed by atoms with Gasteiger partial charge in [0, 0.05) is 42.3 Å². The predicted octanol–water partition coefficient (Wildman–Crippen LogP) is 4.38. The number of hydrogen-bond acceptors (Lipinski definition) is 9. The van der Waals surface area contributed by atoms with Crippen LogP contribution >= 0.6 is 0 Å². The van der Waals surface area contributed by atoms with Gasteiger partial charge in [-0.2, -0.15) is 0 Å². The van der Waals surface area contributed by atoms with Crippen molar-refractivity contribution in [3.05, 3.63) is 98.1 Å². The summed E-state index contributed by atoms with van der Waals surface area (Å²) in [5.41, 5.74) is 0.836. The normalized spacial score (nSPS) is 14.7. The van der Waals surface area contributed by atoms with Crippen LogP contribution in [0.1, 0.15) is 22.3 Å². The molecule has 0 saturated carbocycles. The maximum absolute atomic E-state index is 12.5. The lowest BCUT2D eigenvalue weighted by atomic mass is 10.1. The number of Topliss-reactive ketones (excluding diaryl/α,β-unsaturated/α-hetero) is 1. The van der Waals surface area contributed by atoms with Crippen LogP contribution in [0.2, 0.25) is 0 Å². The Morgan fingerprint density at radius 1 is 0.947 bits per heavy atom. The zero-order chi connectivity index (χ0) is 27.4. The number of benzene rings is 3. The Kier molecular flexibility index (Phi) is 7.42. The number of non-ortho nitro benzene ring substituents is 1. The molecule has 38 heavy (non-hydrogen) atoms. The van der Waals surface area contributed by atoms with Gasteiger partial charge in [-0.25, -0.2) is 0 Å². The van der Waals surface area contributed by atoms with Crippen molar-refractivity contribution in [2.24, 2.45) is 5.92 Å². The smallest absolute Gasteiger partial charge is 0.311 e. The van der Waals surface area contributed by atoms with Crippen LogP contribution < -0.4 is 9.64 Å². The minimum absolute atomic E-state index is 0.0131. The predicted molar refractivity (Wildman–Crippen MR) is 133 cm³/mol. The Hall–Kier alpha value is -5.13. The fourth-order valence-corrected chi connectivity index (χ4v) is 3.90. The van der Waals surface area contributed by atoms with E-state index in [9.17, 15) is 34.6 Å². The number of anilines is 1. The summed E-state index contributed by atoms with van der Waals surface area (Å²) >= 11 is 0. The van der Waals surface area contributed by atoms with Crippen molar-refractivity contribution in [2.45, 2.75) is 13.3 Å². The second-order valence-corrected chi connectivity index (χ2v) is 8.54. The zero-order valence-corrected chi connectivity index (χ0v) is 20.1. The van der Waals surface area contributed by atoms with Crippen LogP contribution in [0.15, 0.2) is 66.7 Å². The molecule has 0 N–H and O–H groups in total. The molecule has 1 atom stereocenters. The number of ether oxygens (including phenoxy) is 2. The van der Waals surface area contributed by atoms with E-state index < -0.39 is 34.1 Å². The molecule has 0 unspecified atom stereocenters. The fourth-order valence-electron chi connectivity index (χ4n) is 3.90. The fraction of sp³-hybridized carbons (Fsp3) is 0.192. The van der Waals surface area contributed by atoms with Gasteiger partial charge in [-0.05, 0) is 49.4 Å². The van der Waals surface area contributed by atoms with Gasteiger partial charge in [0.1, 0.15) is 11.5 Å². The first-order chi connectivity index (χ1) is 18.1. The number of carbonyl (C=O) groups is 3. The highest BCUT2D eigenvalue weighted by Crippen LogP contribution is 2.30. The summed E-state index contributed by atoms with van der Waals surface area (Å²) in [7, 11) is 0. The maximum Gasteiger partial charge on any atom is 0.311 e. The largest absolute Gasteiger partial charge is 0.457 e. The van der Waals surface area contributed by atoms with Gasteiger partial charge in [0.05, 0.1) is 21.5 Å². The molecule has 0 spiro atoms. The third-order valence-electron chi connectivity index (χ3n) is 5.96. The number of aryl methyl sites for hydroxylation is 1. The molecular weight excluding hydrogens is 498 g/mol. The summed E-state index contributed by atoms with van der Waals surface area (Å²) in [6, 6.07) is 16.0. The van der Waals surface area contributed by atoms with Crippen LogP contribution in [0.5, 0.6) is 11.5 Å². The number of nitrogens with zero attached hydrogens (tertiary/aromatic N) is 3. The van der Waals surface area contributed by atoms with E-state index in [4.69, 9.17) is 9.47 Å². The monoisotopic (exact) mass is 519 g/mol. The van der Waals surface area contributed by atoms with Gasteiger partial charge in [-0.3, -0.25) is 34.6 Å². The Morgan fingerprint density at radius 2 is 1.58 bits per heavy atom. The summed E-state index contributed by atoms with van der Waals surface area (Å²) < 4.78 is 10.8. The van der Waals surface area contributed by atoms with Crippen LogP contribution in [-0.2, 0) is 14.3 Å². The molecule has 1 aliphatic heterocycles. The number of nitro benzene ring substituents is 2.